The van der Waals surface area contributed by atoms with E-state index in [1.807, 2.05) is 4.90 Å². The molecule has 1 unspecified atom stereocenters. The fraction of sp³-hybridized carbons (Fsp3) is 0.353. The third kappa shape index (κ3) is 4.48. The molecule has 3 rings (SSSR count). The third-order valence-electron chi connectivity index (χ3n) is 4.13. The van der Waals surface area contributed by atoms with Gasteiger partial charge < -0.3 is 15.5 Å². The Morgan fingerprint density at radius 1 is 1.19 bits per heavy atom. The van der Waals surface area contributed by atoms with Gasteiger partial charge in [-0.15, -0.1) is 0 Å². The summed E-state index contributed by atoms with van der Waals surface area (Å²) in [6.07, 6.45) is 6.24. The predicted molar refractivity (Wildman–Crippen MR) is 99.0 cm³/mol. The molecule has 1 aliphatic rings. The van der Waals surface area contributed by atoms with Crippen molar-refractivity contribution in [2.24, 2.45) is 0 Å². The van der Waals surface area contributed by atoms with E-state index in [-0.39, 0.29) is 16.6 Å². The number of aromatic nitrogens is 2. The molecular formula is C17H21N5O3S. The smallest absolute Gasteiger partial charge is 0.319 e. The minimum atomic E-state index is -3.42. The lowest BCUT2D eigenvalue weighted by molar-refractivity contribution is 0.246. The fourth-order valence-electron chi connectivity index (χ4n) is 2.97. The zero-order valence-electron chi connectivity index (χ0n) is 14.4. The molecule has 0 saturated carbocycles. The summed E-state index contributed by atoms with van der Waals surface area (Å²) in [6.45, 7) is 1.44. The minimum absolute atomic E-state index is 0.0713. The Hall–Kier alpha value is -2.68. The molecule has 1 aromatic carbocycles. The molecule has 0 spiro atoms. The lowest BCUT2D eigenvalue weighted by atomic mass is 10.1. The standard InChI is InChI=1S/C17H21N5O3S/c1-26(24,25)15-8-3-2-7-14(15)21-17(23)20-13-6-4-11-22(12-13)16-18-9-5-10-19-16/h2-3,5,7-10,13H,4,6,11-12H2,1H3,(H2,20,21,23). The lowest BCUT2D eigenvalue weighted by Gasteiger charge is -2.33. The number of para-hydroxylation sites is 1. The lowest BCUT2D eigenvalue weighted by Crippen LogP contribution is -2.49. The van der Waals surface area contributed by atoms with Gasteiger partial charge in [-0.25, -0.2) is 23.2 Å². The van der Waals surface area contributed by atoms with Gasteiger partial charge in [0.25, 0.3) is 0 Å². The molecule has 1 saturated heterocycles. The van der Waals surface area contributed by atoms with Gasteiger partial charge in [-0.05, 0) is 31.0 Å². The second kappa shape index (κ2) is 7.69. The van der Waals surface area contributed by atoms with Crippen LogP contribution in [0.3, 0.4) is 0 Å². The number of carbonyl (C=O) groups is 1. The van der Waals surface area contributed by atoms with Crippen LogP contribution in [0.1, 0.15) is 12.8 Å². The molecule has 1 fully saturated rings. The molecule has 2 heterocycles. The molecule has 0 bridgehead atoms. The number of sulfone groups is 1. The number of nitrogens with zero attached hydrogens (tertiary/aromatic N) is 3. The number of hydrogen-bond donors (Lipinski definition) is 2. The van der Waals surface area contributed by atoms with E-state index in [4.69, 9.17) is 0 Å². The van der Waals surface area contributed by atoms with E-state index in [1.54, 1.807) is 36.7 Å². The topological polar surface area (TPSA) is 104 Å². The number of carbonyl (C=O) groups excluding carboxylic acids is 1. The molecule has 0 radical (unpaired) electrons. The molecule has 1 aromatic heterocycles. The zero-order chi connectivity index (χ0) is 18.6. The van der Waals surface area contributed by atoms with Crippen LogP contribution in [-0.4, -0.2) is 49.8 Å². The molecule has 1 aliphatic heterocycles. The summed E-state index contributed by atoms with van der Waals surface area (Å²) in [5.74, 6) is 0.641. The summed E-state index contributed by atoms with van der Waals surface area (Å²) in [4.78, 5) is 22.9. The molecule has 1 atom stereocenters. The number of hydrogen-bond acceptors (Lipinski definition) is 6. The van der Waals surface area contributed by atoms with Crippen molar-refractivity contribution in [3.05, 3.63) is 42.7 Å². The van der Waals surface area contributed by atoms with Crippen molar-refractivity contribution in [3.63, 3.8) is 0 Å². The fourth-order valence-corrected chi connectivity index (χ4v) is 3.81. The number of benzene rings is 1. The van der Waals surface area contributed by atoms with E-state index in [0.717, 1.165) is 25.6 Å². The third-order valence-corrected chi connectivity index (χ3v) is 5.28. The first-order chi connectivity index (χ1) is 12.4. The molecular weight excluding hydrogens is 354 g/mol. The van der Waals surface area contributed by atoms with Crippen molar-refractivity contribution in [2.45, 2.75) is 23.8 Å². The van der Waals surface area contributed by atoms with Gasteiger partial charge >= 0.3 is 6.03 Å². The predicted octanol–water partition coefficient (Wildman–Crippen LogP) is 1.67. The first-order valence-corrected chi connectivity index (χ1v) is 10.2. The Kier molecular flexibility index (Phi) is 5.36. The maximum atomic E-state index is 12.3. The Bertz CT molecular complexity index is 873. The maximum Gasteiger partial charge on any atom is 0.319 e. The van der Waals surface area contributed by atoms with Gasteiger partial charge in [-0.2, -0.15) is 0 Å². The number of anilines is 2. The van der Waals surface area contributed by atoms with E-state index in [0.29, 0.717) is 12.5 Å². The van der Waals surface area contributed by atoms with Crippen molar-refractivity contribution in [3.8, 4) is 0 Å². The van der Waals surface area contributed by atoms with Gasteiger partial charge in [0.15, 0.2) is 9.84 Å². The van der Waals surface area contributed by atoms with Gasteiger partial charge in [-0.3, -0.25) is 0 Å². The quantitative estimate of drug-likeness (QED) is 0.842. The van der Waals surface area contributed by atoms with Crippen molar-refractivity contribution < 1.29 is 13.2 Å². The van der Waals surface area contributed by atoms with Crippen molar-refractivity contribution in [1.82, 2.24) is 15.3 Å². The summed E-state index contributed by atoms with van der Waals surface area (Å²) >= 11 is 0. The van der Waals surface area contributed by atoms with Crippen LogP contribution in [0.25, 0.3) is 0 Å². The first kappa shape index (κ1) is 18.1. The summed E-state index contributed by atoms with van der Waals surface area (Å²) in [6, 6.07) is 7.61. The second-order valence-corrected chi connectivity index (χ2v) is 8.18. The summed E-state index contributed by atoms with van der Waals surface area (Å²) in [5, 5.41) is 5.54. The first-order valence-electron chi connectivity index (χ1n) is 8.32. The SMILES string of the molecule is CS(=O)(=O)c1ccccc1NC(=O)NC1CCCN(c2ncccn2)C1. The minimum Gasteiger partial charge on any atom is -0.339 e. The number of piperidine rings is 1. The molecule has 2 N–H and O–H groups in total. The van der Waals surface area contributed by atoms with E-state index in [9.17, 15) is 13.2 Å². The normalized spacial score (nSPS) is 17.6. The highest BCUT2D eigenvalue weighted by molar-refractivity contribution is 7.90. The highest BCUT2D eigenvalue weighted by atomic mass is 32.2. The average Bonchev–Trinajstić information content (AvgIpc) is 2.62. The van der Waals surface area contributed by atoms with Crippen LogP contribution in [-0.2, 0) is 9.84 Å². The van der Waals surface area contributed by atoms with Gasteiger partial charge in [0.1, 0.15) is 0 Å². The Morgan fingerprint density at radius 3 is 2.65 bits per heavy atom. The molecule has 2 amide bonds. The maximum absolute atomic E-state index is 12.3. The Balaban J connectivity index is 1.64. The van der Waals surface area contributed by atoms with Gasteiger partial charge in [0, 0.05) is 37.8 Å². The van der Waals surface area contributed by atoms with E-state index in [1.165, 1.54) is 6.07 Å². The molecule has 138 valence electrons. The highest BCUT2D eigenvalue weighted by Gasteiger charge is 2.23. The number of amides is 2. The van der Waals surface area contributed by atoms with Crippen molar-refractivity contribution in [1.29, 1.82) is 0 Å². The van der Waals surface area contributed by atoms with Crippen LogP contribution >= 0.6 is 0 Å². The molecule has 8 nitrogen and oxygen atoms in total. The van der Waals surface area contributed by atoms with Crippen LogP contribution in [0, 0.1) is 0 Å². The molecule has 9 heteroatoms. The van der Waals surface area contributed by atoms with E-state index >= 15 is 0 Å². The number of rotatable bonds is 4. The van der Waals surface area contributed by atoms with Gasteiger partial charge in [0.05, 0.1) is 10.6 Å². The van der Waals surface area contributed by atoms with Gasteiger partial charge in [0.2, 0.25) is 5.95 Å². The summed E-state index contributed by atoms with van der Waals surface area (Å²) < 4.78 is 23.7. The monoisotopic (exact) mass is 375 g/mol. The van der Waals surface area contributed by atoms with Crippen molar-refractivity contribution in [2.75, 3.05) is 29.6 Å². The van der Waals surface area contributed by atoms with Gasteiger partial charge in [-0.1, -0.05) is 12.1 Å². The highest BCUT2D eigenvalue weighted by Crippen LogP contribution is 2.21. The number of urea groups is 1. The molecule has 2 aromatic rings. The average molecular weight is 375 g/mol. The van der Waals surface area contributed by atoms with Crippen LogP contribution in [0.4, 0.5) is 16.4 Å². The van der Waals surface area contributed by atoms with Crippen LogP contribution in [0.5, 0.6) is 0 Å². The van der Waals surface area contributed by atoms with Crippen LogP contribution in [0.2, 0.25) is 0 Å². The van der Waals surface area contributed by atoms with E-state index < -0.39 is 15.9 Å². The van der Waals surface area contributed by atoms with Crippen LogP contribution < -0.4 is 15.5 Å². The number of nitrogens with one attached hydrogen (secondary N) is 2. The molecule has 0 aliphatic carbocycles. The van der Waals surface area contributed by atoms with E-state index in [2.05, 4.69) is 20.6 Å². The molecule has 26 heavy (non-hydrogen) atoms. The zero-order valence-corrected chi connectivity index (χ0v) is 15.2. The van der Waals surface area contributed by atoms with Crippen molar-refractivity contribution >= 4 is 27.5 Å². The Morgan fingerprint density at radius 2 is 1.92 bits per heavy atom. The summed E-state index contributed by atoms with van der Waals surface area (Å²) in [7, 11) is -3.42. The largest absolute Gasteiger partial charge is 0.339 e. The second-order valence-electron chi connectivity index (χ2n) is 6.20. The van der Waals surface area contributed by atoms with Crippen LogP contribution in [0.15, 0.2) is 47.6 Å². The summed E-state index contributed by atoms with van der Waals surface area (Å²) in [5.41, 5.74) is 0.270. The Labute approximate surface area is 152 Å².